The van der Waals surface area contributed by atoms with Crippen LogP contribution in [0, 0.1) is 19.8 Å². The number of carbonyl (C=O) groups excluding carboxylic acids is 1. The molecule has 0 aliphatic carbocycles. The van der Waals surface area contributed by atoms with E-state index in [1.807, 2.05) is 13.8 Å². The number of piperidine rings is 1. The fraction of sp³-hybridized carbons (Fsp3) is 0.500. The minimum atomic E-state index is -3.53. The Kier molecular flexibility index (Phi) is 4.15. The van der Waals surface area contributed by atoms with E-state index < -0.39 is 21.9 Å². The van der Waals surface area contributed by atoms with E-state index in [-0.39, 0.29) is 18.0 Å². The molecule has 20 heavy (non-hydrogen) atoms. The second kappa shape index (κ2) is 5.54. The van der Waals surface area contributed by atoms with Gasteiger partial charge in [-0.2, -0.15) is 4.31 Å². The van der Waals surface area contributed by atoms with Crippen molar-refractivity contribution in [3.05, 3.63) is 29.3 Å². The molecule has 0 unspecified atom stereocenters. The Hall–Kier alpha value is -1.40. The van der Waals surface area contributed by atoms with Crippen LogP contribution in [0.2, 0.25) is 0 Å². The zero-order chi connectivity index (χ0) is 14.9. The highest BCUT2D eigenvalue weighted by molar-refractivity contribution is 7.89. The summed E-state index contributed by atoms with van der Waals surface area (Å²) in [7, 11) is -3.53. The van der Waals surface area contributed by atoms with Crippen LogP contribution in [-0.2, 0) is 14.8 Å². The SMILES string of the molecule is Cc1ccc(S(=O)(=O)N2CCC(C(=O)[O-])CC2)cc1C. The second-order valence-electron chi connectivity index (χ2n) is 5.24. The van der Waals surface area contributed by atoms with Crippen LogP contribution in [-0.4, -0.2) is 31.8 Å². The number of carboxylic acids is 1. The van der Waals surface area contributed by atoms with Gasteiger partial charge in [-0.1, -0.05) is 6.07 Å². The van der Waals surface area contributed by atoms with Gasteiger partial charge in [0.05, 0.1) is 4.90 Å². The quantitative estimate of drug-likeness (QED) is 0.811. The molecule has 5 nitrogen and oxygen atoms in total. The van der Waals surface area contributed by atoms with Crippen molar-refractivity contribution in [1.82, 2.24) is 4.31 Å². The molecular weight excluding hydrogens is 278 g/mol. The third-order valence-corrected chi connectivity index (χ3v) is 5.80. The van der Waals surface area contributed by atoms with Crippen LogP contribution in [0.25, 0.3) is 0 Å². The first kappa shape index (κ1) is 15.0. The number of nitrogens with zero attached hydrogens (tertiary/aromatic N) is 1. The number of hydrogen-bond acceptors (Lipinski definition) is 4. The number of carboxylic acid groups (broad SMARTS) is 1. The Labute approximate surface area is 119 Å². The maximum atomic E-state index is 12.5. The summed E-state index contributed by atoms with van der Waals surface area (Å²) < 4.78 is 26.3. The van der Waals surface area contributed by atoms with Gasteiger partial charge >= 0.3 is 0 Å². The highest BCUT2D eigenvalue weighted by Crippen LogP contribution is 2.24. The Bertz CT molecular complexity index is 616. The topological polar surface area (TPSA) is 77.5 Å². The molecule has 2 rings (SSSR count). The molecule has 1 aliphatic heterocycles. The van der Waals surface area contributed by atoms with Gasteiger partial charge in [0, 0.05) is 25.0 Å². The van der Waals surface area contributed by atoms with Crippen LogP contribution in [0.3, 0.4) is 0 Å². The predicted octanol–water partition coefficient (Wildman–Crippen LogP) is 0.454. The summed E-state index contributed by atoms with van der Waals surface area (Å²) in [6.45, 7) is 4.26. The number of carbonyl (C=O) groups is 1. The van der Waals surface area contributed by atoms with Crippen molar-refractivity contribution >= 4 is 16.0 Å². The third kappa shape index (κ3) is 2.86. The summed E-state index contributed by atoms with van der Waals surface area (Å²) >= 11 is 0. The Morgan fingerprint density at radius 2 is 1.80 bits per heavy atom. The highest BCUT2D eigenvalue weighted by atomic mass is 32.2. The van der Waals surface area contributed by atoms with Gasteiger partial charge in [-0.25, -0.2) is 8.42 Å². The monoisotopic (exact) mass is 296 g/mol. The maximum absolute atomic E-state index is 12.5. The van der Waals surface area contributed by atoms with Crippen molar-refractivity contribution < 1.29 is 18.3 Å². The molecule has 110 valence electrons. The van der Waals surface area contributed by atoms with Crippen molar-refractivity contribution in [2.45, 2.75) is 31.6 Å². The number of rotatable bonds is 3. The van der Waals surface area contributed by atoms with Crippen molar-refractivity contribution in [1.29, 1.82) is 0 Å². The lowest BCUT2D eigenvalue weighted by molar-refractivity contribution is -0.312. The molecule has 0 amide bonds. The van der Waals surface area contributed by atoms with Crippen LogP contribution in [0.4, 0.5) is 0 Å². The molecule has 0 atom stereocenters. The van der Waals surface area contributed by atoms with Gasteiger partial charge in [0.1, 0.15) is 0 Å². The highest BCUT2D eigenvalue weighted by Gasteiger charge is 2.29. The van der Waals surface area contributed by atoms with E-state index in [0.29, 0.717) is 12.8 Å². The fourth-order valence-electron chi connectivity index (χ4n) is 2.36. The first-order valence-corrected chi connectivity index (χ1v) is 8.04. The number of hydrogen-bond donors (Lipinski definition) is 0. The third-order valence-electron chi connectivity index (χ3n) is 3.90. The zero-order valence-corrected chi connectivity index (χ0v) is 12.4. The zero-order valence-electron chi connectivity index (χ0n) is 11.6. The Morgan fingerprint density at radius 1 is 1.20 bits per heavy atom. The minimum Gasteiger partial charge on any atom is -0.550 e. The standard InChI is InChI=1S/C14H19NO4S/c1-10-3-4-13(9-11(10)2)20(18,19)15-7-5-12(6-8-15)14(16)17/h3-4,9,12H,5-8H2,1-2H3,(H,16,17)/p-1. The van der Waals surface area contributed by atoms with Crippen LogP contribution in [0.1, 0.15) is 24.0 Å². The van der Waals surface area contributed by atoms with E-state index in [4.69, 9.17) is 0 Å². The lowest BCUT2D eigenvalue weighted by Gasteiger charge is -2.31. The van der Waals surface area contributed by atoms with E-state index in [1.165, 1.54) is 4.31 Å². The van der Waals surface area contributed by atoms with E-state index in [0.717, 1.165) is 11.1 Å². The molecule has 1 fully saturated rings. The molecule has 0 spiro atoms. The first-order valence-electron chi connectivity index (χ1n) is 6.60. The molecular formula is C14H18NO4S-. The molecule has 1 saturated heterocycles. The molecule has 1 aromatic rings. The predicted molar refractivity (Wildman–Crippen MR) is 72.4 cm³/mol. The number of aryl methyl sites for hydroxylation is 2. The Morgan fingerprint density at radius 3 is 2.30 bits per heavy atom. The number of sulfonamides is 1. The second-order valence-corrected chi connectivity index (χ2v) is 7.18. The van der Waals surface area contributed by atoms with E-state index >= 15 is 0 Å². The van der Waals surface area contributed by atoms with Crippen molar-refractivity contribution in [3.63, 3.8) is 0 Å². The average molecular weight is 296 g/mol. The molecule has 6 heteroatoms. The molecule has 0 aromatic heterocycles. The summed E-state index contributed by atoms with van der Waals surface area (Å²) in [6.07, 6.45) is 0.624. The fourth-order valence-corrected chi connectivity index (χ4v) is 3.91. The summed E-state index contributed by atoms with van der Waals surface area (Å²) in [4.78, 5) is 11.1. The van der Waals surface area contributed by atoms with Gasteiger partial charge in [-0.3, -0.25) is 0 Å². The maximum Gasteiger partial charge on any atom is 0.243 e. The molecule has 1 aromatic carbocycles. The van der Waals surface area contributed by atoms with Crippen molar-refractivity contribution in [2.75, 3.05) is 13.1 Å². The normalized spacial score (nSPS) is 18.1. The molecule has 0 N–H and O–H groups in total. The number of aliphatic carboxylic acids is 1. The summed E-state index contributed by atoms with van der Waals surface area (Å²) in [6, 6.07) is 5.05. The van der Waals surface area contributed by atoms with Gasteiger partial charge in [0.2, 0.25) is 10.0 Å². The lowest BCUT2D eigenvalue weighted by Crippen LogP contribution is -2.43. The van der Waals surface area contributed by atoms with Crippen LogP contribution in [0.15, 0.2) is 23.1 Å². The minimum absolute atomic E-state index is 0.230. The average Bonchev–Trinajstić information content (AvgIpc) is 2.41. The largest absolute Gasteiger partial charge is 0.550 e. The smallest absolute Gasteiger partial charge is 0.243 e. The van der Waals surface area contributed by atoms with Crippen LogP contribution >= 0.6 is 0 Å². The Balaban J connectivity index is 2.19. The summed E-state index contributed by atoms with van der Waals surface area (Å²) in [5.41, 5.74) is 1.97. The van der Waals surface area contributed by atoms with Crippen LogP contribution in [0.5, 0.6) is 0 Å². The van der Waals surface area contributed by atoms with E-state index in [9.17, 15) is 18.3 Å². The van der Waals surface area contributed by atoms with Gasteiger partial charge < -0.3 is 9.90 Å². The first-order chi connectivity index (χ1) is 9.32. The van der Waals surface area contributed by atoms with Gasteiger partial charge in [-0.05, 0) is 49.9 Å². The summed E-state index contributed by atoms with van der Waals surface area (Å²) in [5.74, 6) is -1.63. The van der Waals surface area contributed by atoms with Gasteiger partial charge in [0.25, 0.3) is 0 Å². The molecule has 1 aliphatic rings. The summed E-state index contributed by atoms with van der Waals surface area (Å²) in [5, 5.41) is 10.8. The molecule has 0 bridgehead atoms. The molecule has 1 heterocycles. The van der Waals surface area contributed by atoms with Crippen molar-refractivity contribution in [2.24, 2.45) is 5.92 Å². The number of benzene rings is 1. The van der Waals surface area contributed by atoms with Crippen molar-refractivity contribution in [3.8, 4) is 0 Å². The van der Waals surface area contributed by atoms with Crippen LogP contribution < -0.4 is 5.11 Å². The molecule has 0 radical (unpaired) electrons. The molecule has 0 saturated carbocycles. The lowest BCUT2D eigenvalue weighted by atomic mass is 9.99. The van der Waals surface area contributed by atoms with E-state index in [1.54, 1.807) is 18.2 Å². The van der Waals surface area contributed by atoms with Gasteiger partial charge in [-0.15, -0.1) is 0 Å². The van der Waals surface area contributed by atoms with E-state index in [2.05, 4.69) is 0 Å². The van der Waals surface area contributed by atoms with Gasteiger partial charge in [0.15, 0.2) is 0 Å².